The number of fused-ring (bicyclic) bond motifs is 1. The summed E-state index contributed by atoms with van der Waals surface area (Å²) in [6, 6.07) is 19.5. The molecule has 3 rings (SSSR count). The van der Waals surface area contributed by atoms with Crippen molar-refractivity contribution in [3.8, 4) is 0 Å². The number of hydrogen-bond acceptors (Lipinski definition) is 3. The molecule has 3 heteroatoms. The van der Waals surface area contributed by atoms with Gasteiger partial charge in [0.2, 0.25) is 0 Å². The van der Waals surface area contributed by atoms with E-state index in [4.69, 9.17) is 0 Å². The summed E-state index contributed by atoms with van der Waals surface area (Å²) in [7, 11) is 4.11. The maximum atomic E-state index is 4.49. The number of hydrogen-bond donors (Lipinski definition) is 1. The molecular formula is C21H25N3. The van der Waals surface area contributed by atoms with Crippen LogP contribution >= 0.6 is 0 Å². The normalized spacial score (nSPS) is 11.3. The highest BCUT2D eigenvalue weighted by atomic mass is 15.1. The fourth-order valence-corrected chi connectivity index (χ4v) is 3.05. The molecule has 0 bridgehead atoms. The second-order valence-corrected chi connectivity index (χ2v) is 6.31. The van der Waals surface area contributed by atoms with Crippen LogP contribution in [0, 0.1) is 0 Å². The van der Waals surface area contributed by atoms with Crippen LogP contribution in [0.25, 0.3) is 10.8 Å². The van der Waals surface area contributed by atoms with Crippen molar-refractivity contribution in [1.29, 1.82) is 0 Å². The van der Waals surface area contributed by atoms with Gasteiger partial charge in [0.25, 0.3) is 0 Å². The minimum atomic E-state index is 0.817. The summed E-state index contributed by atoms with van der Waals surface area (Å²) >= 11 is 0. The largest absolute Gasteiger partial charge is 0.314 e. The monoisotopic (exact) mass is 319 g/mol. The molecule has 3 aromatic rings. The molecule has 0 radical (unpaired) electrons. The molecule has 124 valence electrons. The Morgan fingerprint density at radius 1 is 1.00 bits per heavy atom. The van der Waals surface area contributed by atoms with Gasteiger partial charge in [-0.3, -0.25) is 4.98 Å². The minimum absolute atomic E-state index is 0.817. The molecule has 0 fully saturated rings. The van der Waals surface area contributed by atoms with E-state index in [1.807, 2.05) is 13.2 Å². The summed E-state index contributed by atoms with van der Waals surface area (Å²) in [5.41, 5.74) is 3.76. The molecule has 0 spiro atoms. The third-order valence-electron chi connectivity index (χ3n) is 4.34. The molecule has 0 atom stereocenters. The number of nitrogens with zero attached hydrogens (tertiary/aromatic N) is 2. The highest BCUT2D eigenvalue weighted by molar-refractivity contribution is 5.85. The van der Waals surface area contributed by atoms with Crippen LogP contribution in [0.4, 0.5) is 0 Å². The van der Waals surface area contributed by atoms with Gasteiger partial charge in [-0.05, 0) is 48.5 Å². The summed E-state index contributed by atoms with van der Waals surface area (Å²) in [5, 5.41) is 5.81. The number of pyridine rings is 1. The van der Waals surface area contributed by atoms with Gasteiger partial charge in [-0.2, -0.15) is 0 Å². The Morgan fingerprint density at radius 2 is 1.83 bits per heavy atom. The predicted molar refractivity (Wildman–Crippen MR) is 101 cm³/mol. The lowest BCUT2D eigenvalue weighted by Crippen LogP contribution is -2.21. The molecule has 0 aliphatic heterocycles. The van der Waals surface area contributed by atoms with Crippen LogP contribution in [0.2, 0.25) is 0 Å². The van der Waals surface area contributed by atoms with E-state index in [2.05, 4.69) is 76.8 Å². The fourth-order valence-electron chi connectivity index (χ4n) is 3.05. The van der Waals surface area contributed by atoms with Crippen LogP contribution in [0.3, 0.4) is 0 Å². The van der Waals surface area contributed by atoms with Gasteiger partial charge in [-0.1, -0.05) is 48.5 Å². The van der Waals surface area contributed by atoms with E-state index in [-0.39, 0.29) is 0 Å². The van der Waals surface area contributed by atoms with Crippen molar-refractivity contribution >= 4 is 10.8 Å². The van der Waals surface area contributed by atoms with Crippen LogP contribution in [-0.2, 0) is 19.5 Å². The van der Waals surface area contributed by atoms with Gasteiger partial charge in [0.15, 0.2) is 0 Å². The van der Waals surface area contributed by atoms with Gasteiger partial charge < -0.3 is 10.2 Å². The molecular weight excluding hydrogens is 294 g/mol. The van der Waals surface area contributed by atoms with Crippen LogP contribution < -0.4 is 5.32 Å². The molecule has 1 N–H and O–H groups in total. The lowest BCUT2D eigenvalue weighted by atomic mass is 10.0. The first-order chi connectivity index (χ1) is 11.8. The summed E-state index contributed by atoms with van der Waals surface area (Å²) in [6.07, 6.45) is 3.05. The van der Waals surface area contributed by atoms with Crippen molar-refractivity contribution in [2.24, 2.45) is 0 Å². The Kier molecular flexibility index (Phi) is 5.57. The zero-order valence-corrected chi connectivity index (χ0v) is 14.5. The Balaban J connectivity index is 1.59. The molecule has 0 aliphatic rings. The van der Waals surface area contributed by atoms with E-state index < -0.39 is 0 Å². The molecule has 1 heterocycles. The van der Waals surface area contributed by atoms with Crippen molar-refractivity contribution in [3.63, 3.8) is 0 Å². The summed E-state index contributed by atoms with van der Waals surface area (Å²) < 4.78 is 0. The topological polar surface area (TPSA) is 28.2 Å². The molecule has 0 unspecified atom stereocenters. The summed E-state index contributed by atoms with van der Waals surface area (Å²) in [5.74, 6) is 0. The zero-order valence-electron chi connectivity index (χ0n) is 14.5. The Bertz CT molecular complexity index is 775. The number of aromatic nitrogens is 1. The lowest BCUT2D eigenvalue weighted by Gasteiger charge is -2.17. The third-order valence-corrected chi connectivity index (χ3v) is 4.34. The van der Waals surface area contributed by atoms with Gasteiger partial charge in [-0.15, -0.1) is 0 Å². The van der Waals surface area contributed by atoms with E-state index in [0.717, 1.165) is 31.7 Å². The molecule has 24 heavy (non-hydrogen) atoms. The first kappa shape index (κ1) is 16.6. The quantitative estimate of drug-likeness (QED) is 0.721. The highest BCUT2D eigenvalue weighted by Gasteiger charge is 2.05. The van der Waals surface area contributed by atoms with Crippen molar-refractivity contribution < 1.29 is 0 Å². The molecule has 0 amide bonds. The summed E-state index contributed by atoms with van der Waals surface area (Å²) in [6.45, 7) is 2.78. The van der Waals surface area contributed by atoms with Crippen molar-refractivity contribution in [2.75, 3.05) is 20.6 Å². The molecule has 2 aromatic carbocycles. The molecule has 0 saturated carbocycles. The van der Waals surface area contributed by atoms with Gasteiger partial charge >= 0.3 is 0 Å². The molecule has 1 aromatic heterocycles. The van der Waals surface area contributed by atoms with Crippen LogP contribution in [0.15, 0.2) is 60.8 Å². The maximum absolute atomic E-state index is 4.49. The second-order valence-electron chi connectivity index (χ2n) is 6.31. The van der Waals surface area contributed by atoms with E-state index in [1.54, 1.807) is 0 Å². The Labute approximate surface area is 144 Å². The predicted octanol–water partition coefficient (Wildman–Crippen LogP) is 3.63. The second kappa shape index (κ2) is 8.04. The number of nitrogens with one attached hydrogen (secondary N) is 1. The molecule has 0 saturated heterocycles. The number of benzene rings is 2. The van der Waals surface area contributed by atoms with Crippen molar-refractivity contribution in [3.05, 3.63) is 77.6 Å². The molecule has 3 nitrogen and oxygen atoms in total. The Morgan fingerprint density at radius 3 is 2.62 bits per heavy atom. The van der Waals surface area contributed by atoms with E-state index in [0.29, 0.717) is 0 Å². The van der Waals surface area contributed by atoms with E-state index in [1.165, 1.54) is 21.9 Å². The minimum Gasteiger partial charge on any atom is -0.314 e. The van der Waals surface area contributed by atoms with Gasteiger partial charge in [0.1, 0.15) is 0 Å². The van der Waals surface area contributed by atoms with Crippen LogP contribution in [0.1, 0.15) is 16.8 Å². The van der Waals surface area contributed by atoms with Crippen LogP contribution in [0.5, 0.6) is 0 Å². The van der Waals surface area contributed by atoms with Gasteiger partial charge in [-0.25, -0.2) is 0 Å². The zero-order chi connectivity index (χ0) is 16.8. The van der Waals surface area contributed by atoms with Crippen molar-refractivity contribution in [1.82, 2.24) is 15.2 Å². The SMILES string of the molecule is CNCc1ccc(CN(C)CCc2cccc3ccccc23)cn1. The lowest BCUT2D eigenvalue weighted by molar-refractivity contribution is 0.331. The third kappa shape index (κ3) is 4.19. The maximum Gasteiger partial charge on any atom is 0.0541 e. The van der Waals surface area contributed by atoms with E-state index in [9.17, 15) is 0 Å². The average molecular weight is 319 g/mol. The molecule has 0 aliphatic carbocycles. The van der Waals surface area contributed by atoms with Gasteiger partial charge in [0, 0.05) is 25.8 Å². The smallest absolute Gasteiger partial charge is 0.0541 e. The number of rotatable bonds is 7. The van der Waals surface area contributed by atoms with Crippen molar-refractivity contribution in [2.45, 2.75) is 19.5 Å². The average Bonchev–Trinajstić information content (AvgIpc) is 2.62. The Hall–Kier alpha value is -2.23. The standard InChI is InChI=1S/C21H25N3/c1-22-15-20-11-10-17(14-23-20)16-24(2)13-12-19-8-5-7-18-6-3-4-9-21(18)19/h3-11,14,22H,12-13,15-16H2,1-2H3. The highest BCUT2D eigenvalue weighted by Crippen LogP contribution is 2.19. The van der Waals surface area contributed by atoms with Crippen LogP contribution in [-0.4, -0.2) is 30.5 Å². The summed E-state index contributed by atoms with van der Waals surface area (Å²) in [4.78, 5) is 6.85. The first-order valence-electron chi connectivity index (χ1n) is 8.50. The number of likely N-dealkylation sites (N-methyl/N-ethyl adjacent to an activating group) is 1. The van der Waals surface area contributed by atoms with Gasteiger partial charge in [0.05, 0.1) is 5.69 Å². The van der Waals surface area contributed by atoms with E-state index >= 15 is 0 Å². The fraction of sp³-hybridized carbons (Fsp3) is 0.286. The first-order valence-corrected chi connectivity index (χ1v) is 8.50.